The van der Waals surface area contributed by atoms with Crippen LogP contribution in [0.3, 0.4) is 0 Å². The van der Waals surface area contributed by atoms with Gasteiger partial charge in [0.05, 0.1) is 33.8 Å². The first-order chi connectivity index (χ1) is 21.3. The average molecular weight is 707 g/mol. The molecular weight excluding hydrogens is 676 g/mol. The average Bonchev–Trinajstić information content (AvgIpc) is 3.01. The summed E-state index contributed by atoms with van der Waals surface area (Å²) in [6, 6.07) is 5.45. The maximum atomic E-state index is 13.3. The van der Waals surface area contributed by atoms with E-state index in [-0.39, 0.29) is 30.8 Å². The number of ether oxygens (including phenoxy) is 1. The number of likely N-dealkylation sites (tertiary alicyclic amines) is 1. The molecule has 1 aliphatic rings. The second kappa shape index (κ2) is 12.9. The van der Waals surface area contributed by atoms with E-state index in [1.54, 1.807) is 44.1 Å². The third-order valence-electron chi connectivity index (χ3n) is 7.48. The zero-order chi connectivity index (χ0) is 32.5. The first kappa shape index (κ1) is 32.6. The van der Waals surface area contributed by atoms with Crippen LogP contribution < -0.4 is 20.7 Å². The van der Waals surface area contributed by atoms with Crippen molar-refractivity contribution in [1.29, 1.82) is 0 Å². The lowest BCUT2D eigenvalue weighted by Crippen LogP contribution is -2.45. The Hall–Kier alpha value is -3.84. The SMILES string of the molecule is CCc1cc(Nc2ncc(Br)c(Nc3ccc4nccnc4c3P(C)(C)=O)n2)c(OC)nc1C1CCN(C(=O)C(F)(F)F)CC1. The lowest BCUT2D eigenvalue weighted by molar-refractivity contribution is -0.186. The highest BCUT2D eigenvalue weighted by Crippen LogP contribution is 2.41. The van der Waals surface area contributed by atoms with Crippen LogP contribution >= 0.6 is 23.1 Å². The number of nitrogens with zero attached hydrogens (tertiary/aromatic N) is 6. The van der Waals surface area contributed by atoms with E-state index in [4.69, 9.17) is 9.72 Å². The van der Waals surface area contributed by atoms with Gasteiger partial charge in [0.15, 0.2) is 0 Å². The number of nitrogens with one attached hydrogen (secondary N) is 2. The number of carbonyl (C=O) groups excluding carboxylic acids is 1. The van der Waals surface area contributed by atoms with Gasteiger partial charge in [0, 0.05) is 37.6 Å². The Kier molecular flexibility index (Phi) is 9.31. The number of halogens is 4. The van der Waals surface area contributed by atoms with Gasteiger partial charge >= 0.3 is 12.1 Å². The molecule has 0 saturated carbocycles. The van der Waals surface area contributed by atoms with E-state index in [0.717, 1.165) is 16.2 Å². The molecule has 11 nitrogen and oxygen atoms in total. The highest BCUT2D eigenvalue weighted by molar-refractivity contribution is 9.10. The number of alkyl halides is 3. The molecule has 16 heteroatoms. The molecule has 1 aromatic carbocycles. The van der Waals surface area contributed by atoms with E-state index in [0.29, 0.717) is 57.3 Å². The summed E-state index contributed by atoms with van der Waals surface area (Å²) in [6.45, 7) is 5.29. The number of carbonyl (C=O) groups is 1. The van der Waals surface area contributed by atoms with Gasteiger partial charge in [-0.25, -0.2) is 9.97 Å². The van der Waals surface area contributed by atoms with Gasteiger partial charge in [-0.1, -0.05) is 6.92 Å². The number of hydrogen-bond donors (Lipinski definition) is 2. The molecule has 0 aliphatic carbocycles. The summed E-state index contributed by atoms with van der Waals surface area (Å²) >= 11 is 3.49. The third kappa shape index (κ3) is 7.04. The molecule has 4 aromatic rings. The van der Waals surface area contributed by atoms with Crippen LogP contribution in [0.25, 0.3) is 11.0 Å². The number of piperidine rings is 1. The standard InChI is InChI=1S/C29H31BrF3N8O3P/c1-5-16-14-21(26(44-2)39-22(16)17-8-12-41(13-9-17)27(42)29(31,32)33)38-28-36-15-18(30)25(40-28)37-20-7-6-19-23(35-11-10-34-19)24(20)45(3,4)43/h6-7,10-11,14-15,17H,5,8-9,12-13H2,1-4H3,(H2,36,37,38,40). The Bertz CT molecular complexity index is 1800. The zero-order valence-electron chi connectivity index (χ0n) is 24.9. The fourth-order valence-electron chi connectivity index (χ4n) is 5.40. The van der Waals surface area contributed by atoms with E-state index < -0.39 is 19.2 Å². The largest absolute Gasteiger partial charge is 0.480 e. The quantitative estimate of drug-likeness (QED) is 0.205. The second-order valence-electron chi connectivity index (χ2n) is 10.9. The van der Waals surface area contributed by atoms with Crippen LogP contribution in [0.15, 0.2) is 41.3 Å². The van der Waals surface area contributed by atoms with Gasteiger partial charge in [-0.3, -0.25) is 14.8 Å². The minimum absolute atomic E-state index is 0.00428. The van der Waals surface area contributed by atoms with Gasteiger partial charge in [-0.15, -0.1) is 0 Å². The Labute approximate surface area is 265 Å². The molecule has 1 fully saturated rings. The molecule has 1 aliphatic heterocycles. The van der Waals surface area contributed by atoms with E-state index >= 15 is 0 Å². The number of hydrogen-bond acceptors (Lipinski definition) is 10. The molecule has 45 heavy (non-hydrogen) atoms. The number of anilines is 4. The van der Waals surface area contributed by atoms with E-state index in [1.165, 1.54) is 7.11 Å². The summed E-state index contributed by atoms with van der Waals surface area (Å²) in [7, 11) is -1.33. The van der Waals surface area contributed by atoms with E-state index in [9.17, 15) is 22.5 Å². The van der Waals surface area contributed by atoms with Crippen molar-refractivity contribution in [2.45, 2.75) is 38.3 Å². The summed E-state index contributed by atoms with van der Waals surface area (Å²) in [5.74, 6) is -1.04. The van der Waals surface area contributed by atoms with Crippen molar-refractivity contribution in [1.82, 2.24) is 29.8 Å². The van der Waals surface area contributed by atoms with Gasteiger partial charge in [-0.2, -0.15) is 18.2 Å². The maximum Gasteiger partial charge on any atom is 0.471 e. The molecule has 0 spiro atoms. The number of fused-ring (bicyclic) bond motifs is 1. The maximum absolute atomic E-state index is 13.3. The summed E-state index contributed by atoms with van der Waals surface area (Å²) in [5.41, 5.74) is 3.86. The van der Waals surface area contributed by atoms with Crippen LogP contribution in [0.1, 0.15) is 36.9 Å². The van der Waals surface area contributed by atoms with Gasteiger partial charge in [0.25, 0.3) is 0 Å². The zero-order valence-corrected chi connectivity index (χ0v) is 27.4. The molecule has 238 valence electrons. The predicted octanol–water partition coefficient (Wildman–Crippen LogP) is 6.15. The molecular formula is C29H31BrF3N8O3P. The minimum Gasteiger partial charge on any atom is -0.480 e. The smallest absolute Gasteiger partial charge is 0.471 e. The Balaban J connectivity index is 1.41. The fourth-order valence-corrected chi connectivity index (χ4v) is 7.08. The Morgan fingerprint density at radius 1 is 1.09 bits per heavy atom. The third-order valence-corrected chi connectivity index (χ3v) is 9.59. The second-order valence-corrected chi connectivity index (χ2v) is 14.9. The van der Waals surface area contributed by atoms with Crippen molar-refractivity contribution in [3.63, 3.8) is 0 Å². The summed E-state index contributed by atoms with van der Waals surface area (Å²) in [4.78, 5) is 35.1. The van der Waals surface area contributed by atoms with Crippen molar-refractivity contribution in [3.8, 4) is 5.88 Å². The van der Waals surface area contributed by atoms with Gasteiger partial charge < -0.3 is 24.8 Å². The number of amides is 1. The van der Waals surface area contributed by atoms with Crippen molar-refractivity contribution in [3.05, 3.63) is 52.5 Å². The van der Waals surface area contributed by atoms with E-state index in [1.807, 2.05) is 13.0 Å². The molecule has 1 amide bonds. The van der Waals surface area contributed by atoms with Crippen molar-refractivity contribution >= 4 is 68.5 Å². The lowest BCUT2D eigenvalue weighted by atomic mass is 9.89. The number of pyridine rings is 1. The monoisotopic (exact) mass is 706 g/mol. The van der Waals surface area contributed by atoms with Crippen molar-refractivity contribution in [2.75, 3.05) is 44.2 Å². The number of rotatable bonds is 8. The number of aryl methyl sites for hydroxylation is 1. The normalized spacial score (nSPS) is 14.4. The van der Waals surface area contributed by atoms with Crippen molar-refractivity contribution < 1.29 is 27.3 Å². The number of benzene rings is 1. The van der Waals surface area contributed by atoms with Crippen LogP contribution in [0.2, 0.25) is 0 Å². The molecule has 0 radical (unpaired) electrons. The Morgan fingerprint density at radius 2 is 1.80 bits per heavy atom. The molecule has 0 bridgehead atoms. The molecule has 2 N–H and O–H groups in total. The highest BCUT2D eigenvalue weighted by atomic mass is 79.9. The lowest BCUT2D eigenvalue weighted by Gasteiger charge is -2.33. The first-order valence-corrected chi connectivity index (χ1v) is 17.5. The molecule has 0 unspecified atom stereocenters. The summed E-state index contributed by atoms with van der Waals surface area (Å²) in [5, 5.41) is 6.99. The highest BCUT2D eigenvalue weighted by Gasteiger charge is 2.43. The molecule has 4 heterocycles. The number of aromatic nitrogens is 5. The fraction of sp³-hybridized carbons (Fsp3) is 0.379. The molecule has 5 rings (SSSR count). The van der Waals surface area contributed by atoms with Crippen molar-refractivity contribution in [2.24, 2.45) is 0 Å². The van der Waals surface area contributed by atoms with Crippen LogP contribution in [-0.4, -0.2) is 75.4 Å². The van der Waals surface area contributed by atoms with Crippen LogP contribution in [0.5, 0.6) is 5.88 Å². The minimum atomic E-state index is -4.89. The van der Waals surface area contributed by atoms with Crippen LogP contribution in [0, 0.1) is 0 Å². The Morgan fingerprint density at radius 3 is 2.44 bits per heavy atom. The molecule has 0 atom stereocenters. The topological polar surface area (TPSA) is 135 Å². The predicted molar refractivity (Wildman–Crippen MR) is 170 cm³/mol. The number of methoxy groups -OCH3 is 1. The summed E-state index contributed by atoms with van der Waals surface area (Å²) in [6.07, 6.45) is 1.14. The molecule has 1 saturated heterocycles. The summed E-state index contributed by atoms with van der Waals surface area (Å²) < 4.78 is 58.2. The molecule has 3 aromatic heterocycles. The van der Waals surface area contributed by atoms with Crippen LogP contribution in [-0.2, 0) is 15.8 Å². The van der Waals surface area contributed by atoms with Gasteiger partial charge in [-0.05, 0) is 72.3 Å². The van der Waals surface area contributed by atoms with Gasteiger partial charge in [0.1, 0.15) is 24.2 Å². The van der Waals surface area contributed by atoms with Crippen LogP contribution in [0.4, 0.5) is 36.3 Å². The van der Waals surface area contributed by atoms with E-state index in [2.05, 4.69) is 46.5 Å². The van der Waals surface area contributed by atoms with Gasteiger partial charge in [0.2, 0.25) is 11.8 Å². The first-order valence-electron chi connectivity index (χ1n) is 14.1.